The molecule has 124 valence electrons. The van der Waals surface area contributed by atoms with E-state index in [1.165, 1.54) is 0 Å². The van der Waals surface area contributed by atoms with Gasteiger partial charge in [0.2, 0.25) is 0 Å². The van der Waals surface area contributed by atoms with Crippen LogP contribution in [-0.2, 0) is 4.79 Å². The van der Waals surface area contributed by atoms with E-state index in [1.807, 2.05) is 43.4 Å². The number of hydrogen-bond donors (Lipinski definition) is 1. The highest BCUT2D eigenvalue weighted by molar-refractivity contribution is 5.99. The molecule has 1 aromatic carbocycles. The van der Waals surface area contributed by atoms with Crippen LogP contribution in [0.3, 0.4) is 0 Å². The Bertz CT molecular complexity index is 835. The minimum Gasteiger partial charge on any atom is -0.494 e. The van der Waals surface area contributed by atoms with E-state index in [9.17, 15) is 0 Å². The number of hydrogen-bond acceptors (Lipinski definition) is 5. The van der Waals surface area contributed by atoms with E-state index in [2.05, 4.69) is 28.2 Å². The van der Waals surface area contributed by atoms with Gasteiger partial charge in [-0.05, 0) is 35.9 Å². The first kappa shape index (κ1) is 17.2. The smallest absolute Gasteiger partial charge is 0.290 e. The Kier molecular flexibility index (Phi) is 5.68. The molecule has 6 heteroatoms. The second-order valence-corrected chi connectivity index (χ2v) is 5.09. The number of fused-ring (bicyclic) bond motifs is 1. The largest absolute Gasteiger partial charge is 0.494 e. The summed E-state index contributed by atoms with van der Waals surface area (Å²) in [7, 11) is 5.66. The molecule has 0 aliphatic heterocycles. The van der Waals surface area contributed by atoms with Crippen LogP contribution in [-0.4, -0.2) is 42.8 Å². The topological polar surface area (TPSA) is 75.5 Å². The number of carboxylic acid groups (broad SMARTS) is 1. The average molecular weight is 325 g/mol. The third kappa shape index (κ3) is 3.43. The van der Waals surface area contributed by atoms with Gasteiger partial charge in [0.15, 0.2) is 0 Å². The Hall–Kier alpha value is -3.15. The SMILES string of the molecule is COc1ccc(-c2cccnc2N(C)C)c2cccnc12.O=CO. The van der Waals surface area contributed by atoms with E-state index >= 15 is 0 Å². The first-order valence-corrected chi connectivity index (χ1v) is 7.26. The Balaban J connectivity index is 0.000000647. The van der Waals surface area contributed by atoms with Gasteiger partial charge in [0, 0.05) is 37.4 Å². The maximum atomic E-state index is 8.36. The third-order valence-electron chi connectivity index (χ3n) is 3.45. The molecule has 0 bridgehead atoms. The number of pyridine rings is 2. The molecule has 0 unspecified atom stereocenters. The zero-order chi connectivity index (χ0) is 17.5. The third-order valence-corrected chi connectivity index (χ3v) is 3.45. The molecular weight excluding hydrogens is 306 g/mol. The van der Waals surface area contributed by atoms with Gasteiger partial charge in [-0.1, -0.05) is 6.07 Å². The molecule has 0 saturated carbocycles. The fourth-order valence-electron chi connectivity index (χ4n) is 2.51. The normalized spacial score (nSPS) is 9.79. The maximum absolute atomic E-state index is 8.36. The van der Waals surface area contributed by atoms with Gasteiger partial charge in [0.25, 0.3) is 6.47 Å². The number of aromatic nitrogens is 2. The fraction of sp³-hybridized carbons (Fsp3) is 0.167. The van der Waals surface area contributed by atoms with Crippen molar-refractivity contribution in [3.05, 3.63) is 48.8 Å². The highest BCUT2D eigenvalue weighted by Gasteiger charge is 2.13. The van der Waals surface area contributed by atoms with Crippen LogP contribution < -0.4 is 9.64 Å². The van der Waals surface area contributed by atoms with Crippen molar-refractivity contribution in [2.24, 2.45) is 0 Å². The van der Waals surface area contributed by atoms with Crippen molar-refractivity contribution >= 4 is 23.2 Å². The van der Waals surface area contributed by atoms with Crippen LogP contribution in [0.4, 0.5) is 5.82 Å². The molecule has 0 atom stereocenters. The van der Waals surface area contributed by atoms with Crippen LogP contribution in [0.25, 0.3) is 22.0 Å². The molecule has 6 nitrogen and oxygen atoms in total. The molecule has 0 aliphatic rings. The number of benzene rings is 1. The molecule has 2 heterocycles. The zero-order valence-corrected chi connectivity index (χ0v) is 13.8. The van der Waals surface area contributed by atoms with Gasteiger partial charge in [0.05, 0.1) is 7.11 Å². The minimum absolute atomic E-state index is 0.250. The summed E-state index contributed by atoms with van der Waals surface area (Å²) in [5.41, 5.74) is 3.06. The van der Waals surface area contributed by atoms with Crippen LogP contribution in [0.1, 0.15) is 0 Å². The van der Waals surface area contributed by atoms with Crippen LogP contribution >= 0.6 is 0 Å². The molecule has 1 N–H and O–H groups in total. The number of methoxy groups -OCH3 is 1. The summed E-state index contributed by atoms with van der Waals surface area (Å²) in [6, 6.07) is 12.1. The van der Waals surface area contributed by atoms with Crippen molar-refractivity contribution in [3.8, 4) is 16.9 Å². The van der Waals surface area contributed by atoms with E-state index < -0.39 is 0 Å². The van der Waals surface area contributed by atoms with E-state index in [0.29, 0.717) is 0 Å². The monoisotopic (exact) mass is 325 g/mol. The van der Waals surface area contributed by atoms with Crippen molar-refractivity contribution in [2.75, 3.05) is 26.1 Å². The molecule has 2 aromatic heterocycles. The summed E-state index contributed by atoms with van der Waals surface area (Å²) in [6.45, 7) is -0.250. The summed E-state index contributed by atoms with van der Waals surface area (Å²) in [4.78, 5) is 19.3. The summed E-state index contributed by atoms with van der Waals surface area (Å²) in [6.07, 6.45) is 3.59. The lowest BCUT2D eigenvalue weighted by Gasteiger charge is -2.17. The van der Waals surface area contributed by atoms with Crippen LogP contribution in [0.2, 0.25) is 0 Å². The molecule has 0 amide bonds. The van der Waals surface area contributed by atoms with E-state index in [4.69, 9.17) is 14.6 Å². The van der Waals surface area contributed by atoms with Gasteiger partial charge in [-0.3, -0.25) is 9.78 Å². The van der Waals surface area contributed by atoms with Crippen molar-refractivity contribution in [1.29, 1.82) is 0 Å². The van der Waals surface area contributed by atoms with Gasteiger partial charge in [0.1, 0.15) is 17.1 Å². The van der Waals surface area contributed by atoms with Gasteiger partial charge in [-0.15, -0.1) is 0 Å². The Morgan fingerprint density at radius 2 is 1.71 bits per heavy atom. The lowest BCUT2D eigenvalue weighted by atomic mass is 10.0. The molecule has 0 saturated heterocycles. The van der Waals surface area contributed by atoms with Crippen LogP contribution in [0.15, 0.2) is 48.8 Å². The highest BCUT2D eigenvalue weighted by atomic mass is 16.5. The maximum Gasteiger partial charge on any atom is 0.290 e. The molecule has 3 rings (SSSR count). The lowest BCUT2D eigenvalue weighted by molar-refractivity contribution is -0.122. The number of ether oxygens (including phenoxy) is 1. The van der Waals surface area contributed by atoms with Crippen molar-refractivity contribution in [2.45, 2.75) is 0 Å². The zero-order valence-electron chi connectivity index (χ0n) is 13.8. The number of carbonyl (C=O) groups is 1. The number of rotatable bonds is 3. The molecule has 0 fully saturated rings. The quantitative estimate of drug-likeness (QED) is 0.746. The number of nitrogens with zero attached hydrogens (tertiary/aromatic N) is 3. The lowest BCUT2D eigenvalue weighted by Crippen LogP contribution is -2.11. The predicted octanol–water partition coefficient (Wildman–Crippen LogP) is 3.07. The van der Waals surface area contributed by atoms with Gasteiger partial charge in [-0.2, -0.15) is 0 Å². The molecular formula is C18H19N3O3. The van der Waals surface area contributed by atoms with Crippen molar-refractivity contribution in [3.63, 3.8) is 0 Å². The van der Waals surface area contributed by atoms with Gasteiger partial charge >= 0.3 is 0 Å². The Labute approximate surface area is 140 Å². The van der Waals surface area contributed by atoms with Crippen molar-refractivity contribution < 1.29 is 14.6 Å². The second-order valence-electron chi connectivity index (χ2n) is 5.09. The summed E-state index contributed by atoms with van der Waals surface area (Å²) < 4.78 is 5.41. The minimum atomic E-state index is -0.250. The van der Waals surface area contributed by atoms with Crippen LogP contribution in [0, 0.1) is 0 Å². The summed E-state index contributed by atoms with van der Waals surface area (Å²) in [5.74, 6) is 1.72. The first-order chi connectivity index (χ1) is 11.6. The fourth-order valence-corrected chi connectivity index (χ4v) is 2.51. The second kappa shape index (κ2) is 7.92. The Morgan fingerprint density at radius 1 is 1.04 bits per heavy atom. The van der Waals surface area contributed by atoms with E-state index in [0.717, 1.165) is 33.6 Å². The van der Waals surface area contributed by atoms with E-state index in [-0.39, 0.29) is 6.47 Å². The van der Waals surface area contributed by atoms with E-state index in [1.54, 1.807) is 13.3 Å². The first-order valence-electron chi connectivity index (χ1n) is 7.26. The molecule has 3 aromatic rings. The molecule has 0 spiro atoms. The highest BCUT2D eigenvalue weighted by Crippen LogP contribution is 2.36. The number of anilines is 1. The molecule has 0 radical (unpaired) electrons. The molecule has 24 heavy (non-hydrogen) atoms. The predicted molar refractivity (Wildman–Crippen MR) is 94.5 cm³/mol. The van der Waals surface area contributed by atoms with Crippen molar-refractivity contribution in [1.82, 2.24) is 9.97 Å². The standard InChI is InChI=1S/C17H17N3O.CH2O2/c1-20(2)17-14(7-5-11-19-17)12-8-9-15(21-3)16-13(12)6-4-10-18-16;2-1-3/h4-11H,1-3H3;1H,(H,2,3). The molecule has 0 aliphatic carbocycles. The summed E-state index contributed by atoms with van der Waals surface area (Å²) in [5, 5.41) is 7.95. The average Bonchev–Trinajstić information content (AvgIpc) is 2.61. The summed E-state index contributed by atoms with van der Waals surface area (Å²) >= 11 is 0. The Morgan fingerprint density at radius 3 is 2.38 bits per heavy atom. The van der Waals surface area contributed by atoms with Gasteiger partial charge in [-0.25, -0.2) is 4.98 Å². The van der Waals surface area contributed by atoms with Gasteiger partial charge < -0.3 is 14.7 Å². The van der Waals surface area contributed by atoms with Crippen LogP contribution in [0.5, 0.6) is 5.75 Å².